The molecule has 0 aromatic heterocycles. The molecule has 2 aliphatic heterocycles. The molecular weight excluding hydrogens is 520 g/mol. The number of aliphatic hydroxyl groups excluding tert-OH is 1. The zero-order chi connectivity index (χ0) is 30.3. The second kappa shape index (κ2) is 18.2. The van der Waals surface area contributed by atoms with Crippen molar-refractivity contribution in [3.63, 3.8) is 0 Å². The summed E-state index contributed by atoms with van der Waals surface area (Å²) < 4.78 is 0. The molecule has 5 unspecified atom stereocenters. The van der Waals surface area contributed by atoms with Crippen LogP contribution in [0.1, 0.15) is 90.0 Å². The van der Waals surface area contributed by atoms with Gasteiger partial charge in [0.25, 0.3) is 0 Å². The minimum absolute atomic E-state index is 0.0115. The molecule has 2 aliphatic rings. The molecular formula is C36H58N4O2. The summed E-state index contributed by atoms with van der Waals surface area (Å²) in [5, 5.41) is 19.8. The fourth-order valence-electron chi connectivity index (χ4n) is 6.65. The maximum absolute atomic E-state index is 13.3. The van der Waals surface area contributed by atoms with E-state index in [4.69, 9.17) is 0 Å². The van der Waals surface area contributed by atoms with Gasteiger partial charge in [-0.05, 0) is 140 Å². The molecule has 1 amide bonds. The predicted molar refractivity (Wildman–Crippen MR) is 179 cm³/mol. The third-order valence-electron chi connectivity index (χ3n) is 9.60. The number of aryl methyl sites for hydroxylation is 1. The number of anilines is 2. The van der Waals surface area contributed by atoms with Gasteiger partial charge in [-0.2, -0.15) is 0 Å². The highest BCUT2D eigenvalue weighted by Crippen LogP contribution is 2.29. The molecule has 1 aromatic carbocycles. The van der Waals surface area contributed by atoms with Crippen molar-refractivity contribution in [1.29, 1.82) is 0 Å². The molecule has 6 nitrogen and oxygen atoms in total. The first-order chi connectivity index (χ1) is 20.4. The SMILES string of the molecule is C=CC(CCC(CC)C(=O)Nc1ccc(C)c(NC(C)C(=C)CCCC(/C=C/O)C2CCCNC2)c1)N1CCCCC1. The third kappa shape index (κ3) is 10.6. The average Bonchev–Trinajstić information content (AvgIpc) is 3.01. The molecule has 1 aromatic rings. The Balaban J connectivity index is 1.50. The quantitative estimate of drug-likeness (QED) is 0.111. The summed E-state index contributed by atoms with van der Waals surface area (Å²) in [6.07, 6.45) is 17.3. The lowest BCUT2D eigenvalue weighted by Crippen LogP contribution is -2.38. The van der Waals surface area contributed by atoms with Crippen molar-refractivity contribution < 1.29 is 9.90 Å². The van der Waals surface area contributed by atoms with E-state index in [1.807, 2.05) is 12.1 Å². The van der Waals surface area contributed by atoms with Crippen LogP contribution in [0.5, 0.6) is 0 Å². The first-order valence-corrected chi connectivity index (χ1v) is 16.6. The second-order valence-corrected chi connectivity index (χ2v) is 12.6. The molecule has 234 valence electrons. The van der Waals surface area contributed by atoms with Gasteiger partial charge < -0.3 is 21.1 Å². The van der Waals surface area contributed by atoms with E-state index < -0.39 is 0 Å². The lowest BCUT2D eigenvalue weighted by atomic mass is 9.82. The molecule has 0 spiro atoms. The largest absolute Gasteiger partial charge is 0.516 e. The summed E-state index contributed by atoms with van der Waals surface area (Å²) in [6, 6.07) is 6.61. The van der Waals surface area contributed by atoms with Gasteiger partial charge in [0.1, 0.15) is 0 Å². The molecule has 0 bridgehead atoms. The molecule has 6 heteroatoms. The van der Waals surface area contributed by atoms with Crippen molar-refractivity contribution in [2.75, 3.05) is 36.8 Å². The van der Waals surface area contributed by atoms with Crippen LogP contribution in [-0.2, 0) is 4.79 Å². The fourth-order valence-corrected chi connectivity index (χ4v) is 6.65. The van der Waals surface area contributed by atoms with Crippen molar-refractivity contribution in [3.8, 4) is 0 Å². The van der Waals surface area contributed by atoms with E-state index in [0.29, 0.717) is 17.9 Å². The number of allylic oxidation sites excluding steroid dienone is 1. The summed E-state index contributed by atoms with van der Waals surface area (Å²) in [6.45, 7) is 19.3. The summed E-state index contributed by atoms with van der Waals surface area (Å²) in [7, 11) is 0. The molecule has 3 rings (SSSR count). The number of amides is 1. The zero-order valence-electron chi connectivity index (χ0n) is 26.7. The normalized spacial score (nSPS) is 20.9. The monoisotopic (exact) mass is 578 g/mol. The molecule has 42 heavy (non-hydrogen) atoms. The van der Waals surface area contributed by atoms with Gasteiger partial charge in [0.2, 0.25) is 5.91 Å². The van der Waals surface area contributed by atoms with Gasteiger partial charge in [-0.15, -0.1) is 6.58 Å². The number of rotatable bonds is 17. The maximum atomic E-state index is 13.3. The highest BCUT2D eigenvalue weighted by atomic mass is 16.2. The average molecular weight is 579 g/mol. The molecule has 4 N–H and O–H groups in total. The molecule has 0 aliphatic carbocycles. The summed E-state index contributed by atoms with van der Waals surface area (Å²) >= 11 is 0. The first-order valence-electron chi connectivity index (χ1n) is 16.6. The van der Waals surface area contributed by atoms with Crippen LogP contribution >= 0.6 is 0 Å². The third-order valence-corrected chi connectivity index (χ3v) is 9.60. The van der Waals surface area contributed by atoms with E-state index in [-0.39, 0.29) is 17.9 Å². The van der Waals surface area contributed by atoms with Crippen LogP contribution in [0.2, 0.25) is 0 Å². The highest BCUT2D eigenvalue weighted by molar-refractivity contribution is 5.93. The maximum Gasteiger partial charge on any atom is 0.227 e. The van der Waals surface area contributed by atoms with Gasteiger partial charge in [0.05, 0.1) is 6.26 Å². The van der Waals surface area contributed by atoms with Crippen LogP contribution < -0.4 is 16.0 Å². The Morgan fingerprint density at radius 2 is 1.98 bits per heavy atom. The zero-order valence-corrected chi connectivity index (χ0v) is 26.7. The van der Waals surface area contributed by atoms with Crippen LogP contribution in [-0.4, -0.2) is 54.2 Å². The number of nitrogens with zero attached hydrogens (tertiary/aromatic N) is 1. The summed E-state index contributed by atoms with van der Waals surface area (Å²) in [5.74, 6) is 1.09. The van der Waals surface area contributed by atoms with Gasteiger partial charge >= 0.3 is 0 Å². The van der Waals surface area contributed by atoms with E-state index >= 15 is 0 Å². The summed E-state index contributed by atoms with van der Waals surface area (Å²) in [5.41, 5.74) is 4.18. The smallest absolute Gasteiger partial charge is 0.227 e. The Hall–Kier alpha value is -2.57. The lowest BCUT2D eigenvalue weighted by molar-refractivity contribution is -0.120. The molecule has 2 fully saturated rings. The fraction of sp³-hybridized carbons (Fsp3) is 0.639. The van der Waals surface area contributed by atoms with Crippen LogP contribution in [0.25, 0.3) is 0 Å². The Morgan fingerprint density at radius 1 is 1.19 bits per heavy atom. The number of hydrogen-bond acceptors (Lipinski definition) is 5. The van der Waals surface area contributed by atoms with Crippen molar-refractivity contribution in [3.05, 3.63) is 60.9 Å². The number of nitrogens with one attached hydrogen (secondary N) is 3. The van der Waals surface area contributed by atoms with E-state index in [1.54, 1.807) is 0 Å². The van der Waals surface area contributed by atoms with Crippen LogP contribution in [0, 0.1) is 24.7 Å². The van der Waals surface area contributed by atoms with E-state index in [1.165, 1.54) is 43.9 Å². The van der Waals surface area contributed by atoms with Crippen molar-refractivity contribution >= 4 is 17.3 Å². The van der Waals surface area contributed by atoms with Gasteiger partial charge in [-0.3, -0.25) is 9.69 Å². The minimum Gasteiger partial charge on any atom is -0.516 e. The number of hydrogen-bond donors (Lipinski definition) is 4. The summed E-state index contributed by atoms with van der Waals surface area (Å²) in [4.78, 5) is 15.8. The van der Waals surface area contributed by atoms with Crippen LogP contribution in [0.3, 0.4) is 0 Å². The molecule has 2 saturated heterocycles. The van der Waals surface area contributed by atoms with Gasteiger partial charge in [-0.1, -0.05) is 37.6 Å². The van der Waals surface area contributed by atoms with Gasteiger partial charge in [0.15, 0.2) is 0 Å². The van der Waals surface area contributed by atoms with Crippen LogP contribution in [0.15, 0.2) is 55.3 Å². The molecule has 0 radical (unpaired) electrons. The number of benzene rings is 1. The van der Waals surface area contributed by atoms with Crippen molar-refractivity contribution in [2.24, 2.45) is 17.8 Å². The van der Waals surface area contributed by atoms with Crippen molar-refractivity contribution in [1.82, 2.24) is 10.2 Å². The number of carbonyl (C=O) groups excluding carboxylic acids is 1. The number of piperidine rings is 2. The minimum atomic E-state index is -0.0115. The number of likely N-dealkylation sites (tertiary alicyclic amines) is 1. The predicted octanol–water partition coefficient (Wildman–Crippen LogP) is 7.99. The van der Waals surface area contributed by atoms with Crippen molar-refractivity contribution in [2.45, 2.75) is 103 Å². The highest BCUT2D eigenvalue weighted by Gasteiger charge is 2.23. The molecule has 2 heterocycles. The number of aliphatic hydroxyl groups is 1. The van der Waals surface area contributed by atoms with E-state index in [2.05, 4.69) is 73.0 Å². The van der Waals surface area contributed by atoms with E-state index in [9.17, 15) is 9.90 Å². The standard InChI is InChI=1S/C36H58N4O2/c1-6-30(17-19-34(7-2)40-22-9-8-10-23-40)36(42)39-33-18-16-28(4)35(25-33)38-29(5)27(3)13-11-14-31(20-24-41)32-15-12-21-37-26-32/h7,16,18,20,24-25,29-32,34,37-38,41H,2-3,6,8-15,17,19,21-23,26H2,1,4-5H3,(H,39,42)/b24-20+. The van der Waals surface area contributed by atoms with Gasteiger partial charge in [0, 0.05) is 29.4 Å². The lowest BCUT2D eigenvalue weighted by Gasteiger charge is -2.33. The van der Waals surface area contributed by atoms with E-state index in [0.717, 1.165) is 81.6 Å². The van der Waals surface area contributed by atoms with Crippen LogP contribution in [0.4, 0.5) is 11.4 Å². The topological polar surface area (TPSA) is 76.6 Å². The molecule has 0 saturated carbocycles. The Kier molecular flexibility index (Phi) is 14.7. The van der Waals surface area contributed by atoms with Gasteiger partial charge in [-0.25, -0.2) is 0 Å². The first kappa shape index (κ1) is 33.9. The number of carbonyl (C=O) groups is 1. The Morgan fingerprint density at radius 3 is 2.64 bits per heavy atom. The Bertz CT molecular complexity index is 1010. The Labute approximate surface area is 256 Å². The second-order valence-electron chi connectivity index (χ2n) is 12.6. The molecule has 5 atom stereocenters.